The van der Waals surface area contributed by atoms with Gasteiger partial charge in [-0.05, 0) is 73.3 Å². The Balaban J connectivity index is 1.39. The first kappa shape index (κ1) is 12.9. The van der Waals surface area contributed by atoms with Gasteiger partial charge in [-0.3, -0.25) is 0 Å². The van der Waals surface area contributed by atoms with Crippen molar-refractivity contribution in [3.8, 4) is 0 Å². The second-order valence-corrected chi connectivity index (χ2v) is 7.57. The molecule has 4 rings (SSSR count). The molecule has 2 bridgehead atoms. The van der Waals surface area contributed by atoms with Crippen LogP contribution in [0.1, 0.15) is 74.5 Å². The minimum Gasteiger partial charge on any atom is -0.324 e. The summed E-state index contributed by atoms with van der Waals surface area (Å²) in [6, 6.07) is 9.52. The molecule has 3 fully saturated rings. The van der Waals surface area contributed by atoms with Gasteiger partial charge in [0.15, 0.2) is 0 Å². The highest BCUT2D eigenvalue weighted by Crippen LogP contribution is 2.50. The SMILES string of the molecule is NC(CC1CC2CCC1C2)c1ccc(C2CCC2)cc1. The van der Waals surface area contributed by atoms with E-state index in [0.717, 1.165) is 23.7 Å². The Morgan fingerprint density at radius 1 is 1.00 bits per heavy atom. The van der Waals surface area contributed by atoms with Gasteiger partial charge in [0.05, 0.1) is 0 Å². The van der Waals surface area contributed by atoms with Crippen molar-refractivity contribution in [3.63, 3.8) is 0 Å². The van der Waals surface area contributed by atoms with Crippen LogP contribution in [0.4, 0.5) is 0 Å². The summed E-state index contributed by atoms with van der Waals surface area (Å²) in [7, 11) is 0. The van der Waals surface area contributed by atoms with Gasteiger partial charge in [-0.15, -0.1) is 0 Å². The number of benzene rings is 1. The van der Waals surface area contributed by atoms with Crippen LogP contribution in [0.5, 0.6) is 0 Å². The third-order valence-corrected chi connectivity index (χ3v) is 6.38. The summed E-state index contributed by atoms with van der Waals surface area (Å²) >= 11 is 0. The maximum atomic E-state index is 6.48. The topological polar surface area (TPSA) is 26.0 Å². The minimum atomic E-state index is 0.259. The maximum absolute atomic E-state index is 6.48. The standard InChI is InChI=1S/C19H27N/c20-19(12-18-11-13-4-5-17(18)10-13)16-8-6-15(7-9-16)14-2-1-3-14/h6-9,13-14,17-19H,1-5,10-12,20H2. The lowest BCUT2D eigenvalue weighted by Crippen LogP contribution is -2.19. The molecule has 4 atom stereocenters. The van der Waals surface area contributed by atoms with Crippen LogP contribution in [0.15, 0.2) is 24.3 Å². The molecule has 0 spiro atoms. The Morgan fingerprint density at radius 3 is 2.35 bits per heavy atom. The van der Waals surface area contributed by atoms with Crippen LogP contribution in [0.2, 0.25) is 0 Å². The van der Waals surface area contributed by atoms with E-state index < -0.39 is 0 Å². The molecule has 1 nitrogen and oxygen atoms in total. The van der Waals surface area contributed by atoms with E-state index in [1.807, 2.05) is 0 Å². The molecule has 3 aliphatic carbocycles. The van der Waals surface area contributed by atoms with Crippen LogP contribution in [-0.4, -0.2) is 0 Å². The fourth-order valence-corrected chi connectivity index (χ4v) is 4.88. The summed E-state index contributed by atoms with van der Waals surface area (Å²) < 4.78 is 0. The Bertz CT molecular complexity index is 459. The van der Waals surface area contributed by atoms with E-state index >= 15 is 0 Å². The molecule has 3 aliphatic rings. The Hall–Kier alpha value is -0.820. The Morgan fingerprint density at radius 2 is 1.80 bits per heavy atom. The number of nitrogens with two attached hydrogens (primary N) is 1. The predicted molar refractivity (Wildman–Crippen MR) is 83.5 cm³/mol. The number of fused-ring (bicyclic) bond motifs is 2. The summed E-state index contributed by atoms with van der Waals surface area (Å²) in [5.41, 5.74) is 9.37. The highest BCUT2D eigenvalue weighted by Gasteiger charge is 2.39. The lowest BCUT2D eigenvalue weighted by atomic mass is 9.79. The second kappa shape index (κ2) is 5.18. The normalized spacial score (nSPS) is 34.1. The summed E-state index contributed by atoms with van der Waals surface area (Å²) in [5.74, 6) is 3.79. The van der Waals surface area contributed by atoms with Crippen molar-refractivity contribution < 1.29 is 0 Å². The Kier molecular flexibility index (Phi) is 3.34. The van der Waals surface area contributed by atoms with E-state index in [1.165, 1.54) is 62.5 Å². The van der Waals surface area contributed by atoms with E-state index in [9.17, 15) is 0 Å². The monoisotopic (exact) mass is 269 g/mol. The van der Waals surface area contributed by atoms with Crippen molar-refractivity contribution in [2.24, 2.45) is 23.5 Å². The van der Waals surface area contributed by atoms with E-state index in [-0.39, 0.29) is 6.04 Å². The third kappa shape index (κ3) is 2.30. The molecule has 0 amide bonds. The van der Waals surface area contributed by atoms with Gasteiger partial charge in [0, 0.05) is 6.04 Å². The van der Waals surface area contributed by atoms with Gasteiger partial charge < -0.3 is 5.73 Å². The molecule has 1 aromatic rings. The van der Waals surface area contributed by atoms with Gasteiger partial charge in [0.2, 0.25) is 0 Å². The number of hydrogen-bond acceptors (Lipinski definition) is 1. The largest absolute Gasteiger partial charge is 0.324 e. The number of hydrogen-bond donors (Lipinski definition) is 1. The molecule has 4 unspecified atom stereocenters. The summed E-state index contributed by atoms with van der Waals surface area (Å²) in [5, 5.41) is 0. The summed E-state index contributed by atoms with van der Waals surface area (Å²) in [6.07, 6.45) is 11.3. The van der Waals surface area contributed by atoms with Crippen LogP contribution >= 0.6 is 0 Å². The molecule has 1 aromatic carbocycles. The molecule has 0 aromatic heterocycles. The van der Waals surface area contributed by atoms with Crippen molar-refractivity contribution in [1.82, 2.24) is 0 Å². The van der Waals surface area contributed by atoms with Crippen molar-refractivity contribution in [2.75, 3.05) is 0 Å². The smallest absolute Gasteiger partial charge is 0.0297 e. The Labute approximate surface area is 122 Å². The fourth-order valence-electron chi connectivity index (χ4n) is 4.88. The molecule has 0 radical (unpaired) electrons. The van der Waals surface area contributed by atoms with Gasteiger partial charge in [-0.25, -0.2) is 0 Å². The van der Waals surface area contributed by atoms with E-state index in [0.29, 0.717) is 0 Å². The fraction of sp³-hybridized carbons (Fsp3) is 0.684. The van der Waals surface area contributed by atoms with Crippen LogP contribution in [-0.2, 0) is 0 Å². The molecule has 3 saturated carbocycles. The molecular formula is C19H27N. The average molecular weight is 269 g/mol. The minimum absolute atomic E-state index is 0.259. The van der Waals surface area contributed by atoms with E-state index in [4.69, 9.17) is 5.73 Å². The first-order valence-electron chi connectivity index (χ1n) is 8.65. The van der Waals surface area contributed by atoms with E-state index in [2.05, 4.69) is 24.3 Å². The molecule has 0 aliphatic heterocycles. The molecule has 0 heterocycles. The zero-order valence-electron chi connectivity index (χ0n) is 12.4. The van der Waals surface area contributed by atoms with Gasteiger partial charge in [0.25, 0.3) is 0 Å². The van der Waals surface area contributed by atoms with Crippen LogP contribution in [0.3, 0.4) is 0 Å². The van der Waals surface area contributed by atoms with Crippen molar-refractivity contribution >= 4 is 0 Å². The zero-order chi connectivity index (χ0) is 13.5. The summed E-state index contributed by atoms with van der Waals surface area (Å²) in [6.45, 7) is 0. The van der Waals surface area contributed by atoms with Crippen LogP contribution in [0.25, 0.3) is 0 Å². The lowest BCUT2D eigenvalue weighted by Gasteiger charge is -2.27. The molecule has 108 valence electrons. The third-order valence-electron chi connectivity index (χ3n) is 6.38. The van der Waals surface area contributed by atoms with Crippen molar-refractivity contribution in [2.45, 2.75) is 63.3 Å². The molecular weight excluding hydrogens is 242 g/mol. The number of rotatable bonds is 4. The van der Waals surface area contributed by atoms with Crippen molar-refractivity contribution in [3.05, 3.63) is 35.4 Å². The highest BCUT2D eigenvalue weighted by atomic mass is 14.6. The predicted octanol–water partition coefficient (Wildman–Crippen LogP) is 4.78. The van der Waals surface area contributed by atoms with Crippen LogP contribution in [0, 0.1) is 17.8 Å². The average Bonchev–Trinajstić information content (AvgIpc) is 3.00. The second-order valence-electron chi connectivity index (χ2n) is 7.57. The molecule has 20 heavy (non-hydrogen) atoms. The van der Waals surface area contributed by atoms with Gasteiger partial charge in [0.1, 0.15) is 0 Å². The van der Waals surface area contributed by atoms with Gasteiger partial charge >= 0.3 is 0 Å². The summed E-state index contributed by atoms with van der Waals surface area (Å²) in [4.78, 5) is 0. The van der Waals surface area contributed by atoms with Crippen molar-refractivity contribution in [1.29, 1.82) is 0 Å². The van der Waals surface area contributed by atoms with Gasteiger partial charge in [-0.1, -0.05) is 37.1 Å². The first-order valence-corrected chi connectivity index (χ1v) is 8.65. The molecule has 0 saturated heterocycles. The van der Waals surface area contributed by atoms with E-state index in [1.54, 1.807) is 0 Å². The maximum Gasteiger partial charge on any atom is 0.0297 e. The van der Waals surface area contributed by atoms with Crippen LogP contribution < -0.4 is 5.73 Å². The lowest BCUT2D eigenvalue weighted by molar-refractivity contribution is 0.296. The molecule has 1 heteroatoms. The first-order chi connectivity index (χ1) is 9.79. The molecule has 2 N–H and O–H groups in total. The quantitative estimate of drug-likeness (QED) is 0.836. The van der Waals surface area contributed by atoms with Gasteiger partial charge in [-0.2, -0.15) is 0 Å². The zero-order valence-corrected chi connectivity index (χ0v) is 12.4. The highest BCUT2D eigenvalue weighted by molar-refractivity contribution is 5.28.